The highest BCUT2D eigenvalue weighted by Gasteiger charge is 2.25. The Morgan fingerprint density at radius 1 is 1.42 bits per heavy atom. The molecule has 7 heteroatoms. The lowest BCUT2D eigenvalue weighted by atomic mass is 10.0. The maximum Gasteiger partial charge on any atom is 0.288 e. The molecule has 128 valence electrons. The fraction of sp³-hybridized carbons (Fsp3) is 0.471. The van der Waals surface area contributed by atoms with Gasteiger partial charge in [0.05, 0.1) is 12.1 Å². The van der Waals surface area contributed by atoms with Gasteiger partial charge in [-0.3, -0.25) is 9.69 Å². The van der Waals surface area contributed by atoms with Crippen molar-refractivity contribution in [3.05, 3.63) is 48.0 Å². The number of ether oxygens (including phenoxy) is 1. The van der Waals surface area contributed by atoms with Crippen LogP contribution in [-0.2, 0) is 4.74 Å². The number of benzene rings is 1. The molecule has 3 rings (SSSR count). The van der Waals surface area contributed by atoms with Gasteiger partial charge in [-0.05, 0) is 24.9 Å². The van der Waals surface area contributed by atoms with E-state index in [0.29, 0.717) is 0 Å². The second-order valence-electron chi connectivity index (χ2n) is 6.10. The van der Waals surface area contributed by atoms with Crippen LogP contribution in [0.1, 0.15) is 41.2 Å². The number of hydrogen-bond acceptors (Lipinski definition) is 5. The molecule has 1 amide bonds. The van der Waals surface area contributed by atoms with Gasteiger partial charge in [-0.1, -0.05) is 30.3 Å². The van der Waals surface area contributed by atoms with Crippen molar-refractivity contribution in [2.24, 2.45) is 5.73 Å². The molecule has 1 fully saturated rings. The van der Waals surface area contributed by atoms with E-state index in [1.54, 1.807) is 18.1 Å². The number of methoxy groups -OCH3 is 1. The Labute approximate surface area is 141 Å². The summed E-state index contributed by atoms with van der Waals surface area (Å²) in [5, 5.41) is 4.20. The first kappa shape index (κ1) is 16.6. The van der Waals surface area contributed by atoms with Crippen LogP contribution in [0.25, 0.3) is 0 Å². The van der Waals surface area contributed by atoms with Gasteiger partial charge in [0.15, 0.2) is 0 Å². The van der Waals surface area contributed by atoms with Crippen LogP contribution in [0, 0.1) is 0 Å². The van der Waals surface area contributed by atoms with E-state index in [0.717, 1.165) is 32.5 Å². The van der Waals surface area contributed by atoms with Gasteiger partial charge < -0.3 is 10.5 Å². The summed E-state index contributed by atoms with van der Waals surface area (Å²) in [4.78, 5) is 17.5. The smallest absolute Gasteiger partial charge is 0.288 e. The molecule has 2 atom stereocenters. The van der Waals surface area contributed by atoms with E-state index in [2.05, 4.69) is 27.1 Å². The van der Waals surface area contributed by atoms with Crippen LogP contribution in [0.4, 0.5) is 0 Å². The number of primary amides is 1. The van der Waals surface area contributed by atoms with Gasteiger partial charge in [-0.2, -0.15) is 0 Å². The molecule has 1 aromatic carbocycles. The van der Waals surface area contributed by atoms with Crippen LogP contribution >= 0.6 is 0 Å². The molecule has 0 saturated carbocycles. The molecule has 0 aliphatic carbocycles. The van der Waals surface area contributed by atoms with Crippen LogP contribution in [-0.4, -0.2) is 52.3 Å². The number of piperidine rings is 1. The monoisotopic (exact) mass is 329 g/mol. The molecule has 1 aliphatic heterocycles. The Morgan fingerprint density at radius 3 is 2.88 bits per heavy atom. The molecule has 0 bridgehead atoms. The van der Waals surface area contributed by atoms with Crippen molar-refractivity contribution in [1.29, 1.82) is 0 Å². The van der Waals surface area contributed by atoms with E-state index in [-0.39, 0.29) is 18.0 Å². The zero-order chi connectivity index (χ0) is 16.9. The summed E-state index contributed by atoms with van der Waals surface area (Å²) >= 11 is 0. The van der Waals surface area contributed by atoms with Gasteiger partial charge in [-0.15, -0.1) is 5.10 Å². The van der Waals surface area contributed by atoms with Gasteiger partial charge in [0, 0.05) is 20.2 Å². The summed E-state index contributed by atoms with van der Waals surface area (Å²) in [6, 6.07) is 10.4. The molecule has 24 heavy (non-hydrogen) atoms. The van der Waals surface area contributed by atoms with E-state index < -0.39 is 5.91 Å². The van der Waals surface area contributed by atoms with Crippen LogP contribution < -0.4 is 5.73 Å². The van der Waals surface area contributed by atoms with Crippen molar-refractivity contribution in [1.82, 2.24) is 19.7 Å². The maximum atomic E-state index is 11.2. The molecule has 0 spiro atoms. The van der Waals surface area contributed by atoms with Crippen molar-refractivity contribution >= 4 is 5.91 Å². The Bertz CT molecular complexity index is 673. The third kappa shape index (κ3) is 3.80. The second-order valence-corrected chi connectivity index (χ2v) is 6.10. The van der Waals surface area contributed by atoms with Crippen molar-refractivity contribution < 1.29 is 9.53 Å². The normalized spacial score (nSPS) is 20.0. The third-order valence-corrected chi connectivity index (χ3v) is 4.46. The first-order chi connectivity index (χ1) is 11.7. The standard InChI is InChI=1S/C17H23N5O2/c1-24-15(13-6-3-2-4-7-13)11-21-9-5-8-14(10-21)22-12-19-17(20-22)16(18)23/h2-4,6-7,12,14-15H,5,8-11H2,1H3,(H2,18,23)/t14-,15+/m0/s1. The number of nitrogens with zero attached hydrogens (tertiary/aromatic N) is 4. The van der Waals surface area contributed by atoms with E-state index >= 15 is 0 Å². The number of hydrogen-bond donors (Lipinski definition) is 1. The Morgan fingerprint density at radius 2 is 2.21 bits per heavy atom. The number of rotatable bonds is 6. The van der Waals surface area contributed by atoms with Crippen LogP contribution in [0.5, 0.6) is 0 Å². The van der Waals surface area contributed by atoms with E-state index in [9.17, 15) is 4.79 Å². The number of likely N-dealkylation sites (tertiary alicyclic amines) is 1. The summed E-state index contributed by atoms with van der Waals surface area (Å²) in [6.45, 7) is 2.71. The lowest BCUT2D eigenvalue weighted by molar-refractivity contribution is 0.0474. The minimum absolute atomic E-state index is 0.0434. The summed E-state index contributed by atoms with van der Waals surface area (Å²) in [5.74, 6) is -0.517. The number of carbonyl (C=O) groups is 1. The van der Waals surface area contributed by atoms with Gasteiger partial charge in [0.2, 0.25) is 5.82 Å². The van der Waals surface area contributed by atoms with Crippen LogP contribution in [0.2, 0.25) is 0 Å². The average Bonchev–Trinajstić information content (AvgIpc) is 3.11. The lowest BCUT2D eigenvalue weighted by Crippen LogP contribution is -2.39. The Hall–Kier alpha value is -2.25. The summed E-state index contributed by atoms with van der Waals surface area (Å²) in [6.07, 6.45) is 3.73. The largest absolute Gasteiger partial charge is 0.375 e. The molecule has 1 aliphatic rings. The summed E-state index contributed by atoms with van der Waals surface area (Å²) in [7, 11) is 1.75. The van der Waals surface area contributed by atoms with Gasteiger partial charge in [0.25, 0.3) is 5.91 Å². The van der Waals surface area contributed by atoms with Gasteiger partial charge in [-0.25, -0.2) is 9.67 Å². The minimum atomic E-state index is -0.593. The van der Waals surface area contributed by atoms with Crippen molar-refractivity contribution in [2.75, 3.05) is 26.7 Å². The number of carbonyl (C=O) groups excluding carboxylic acids is 1. The lowest BCUT2D eigenvalue weighted by Gasteiger charge is -2.34. The molecule has 0 radical (unpaired) electrons. The van der Waals surface area contributed by atoms with Crippen molar-refractivity contribution in [3.63, 3.8) is 0 Å². The topological polar surface area (TPSA) is 86.3 Å². The number of aromatic nitrogens is 3. The predicted octanol–water partition coefficient (Wildman–Crippen LogP) is 1.40. The average molecular weight is 329 g/mol. The molecule has 7 nitrogen and oxygen atoms in total. The minimum Gasteiger partial charge on any atom is -0.375 e. The molecule has 2 heterocycles. The van der Waals surface area contributed by atoms with Crippen LogP contribution in [0.15, 0.2) is 36.7 Å². The van der Waals surface area contributed by atoms with Crippen LogP contribution in [0.3, 0.4) is 0 Å². The molecule has 2 aromatic rings. The zero-order valence-electron chi connectivity index (χ0n) is 13.8. The fourth-order valence-electron chi connectivity index (χ4n) is 3.19. The molecule has 0 unspecified atom stereocenters. The van der Waals surface area contributed by atoms with Crippen molar-refractivity contribution in [2.45, 2.75) is 25.0 Å². The third-order valence-electron chi connectivity index (χ3n) is 4.46. The number of amides is 1. The highest BCUT2D eigenvalue weighted by atomic mass is 16.5. The fourth-order valence-corrected chi connectivity index (χ4v) is 3.19. The maximum absolute atomic E-state index is 11.2. The van der Waals surface area contributed by atoms with Gasteiger partial charge in [0.1, 0.15) is 6.33 Å². The van der Waals surface area contributed by atoms with E-state index in [1.807, 2.05) is 18.2 Å². The summed E-state index contributed by atoms with van der Waals surface area (Å²) in [5.41, 5.74) is 6.41. The van der Waals surface area contributed by atoms with Gasteiger partial charge >= 0.3 is 0 Å². The highest BCUT2D eigenvalue weighted by Crippen LogP contribution is 2.24. The number of nitrogens with two attached hydrogens (primary N) is 1. The van der Waals surface area contributed by atoms with E-state index in [4.69, 9.17) is 10.5 Å². The summed E-state index contributed by atoms with van der Waals surface area (Å²) < 4.78 is 7.44. The Kier molecular flexibility index (Phi) is 5.22. The molecular formula is C17H23N5O2. The zero-order valence-corrected chi connectivity index (χ0v) is 13.8. The van der Waals surface area contributed by atoms with E-state index in [1.165, 1.54) is 5.56 Å². The molecule has 2 N–H and O–H groups in total. The first-order valence-corrected chi connectivity index (χ1v) is 8.18. The Balaban J connectivity index is 1.65. The second kappa shape index (κ2) is 7.55. The predicted molar refractivity (Wildman–Crippen MR) is 89.4 cm³/mol. The molecule has 1 aromatic heterocycles. The first-order valence-electron chi connectivity index (χ1n) is 8.18. The quantitative estimate of drug-likeness (QED) is 0.866. The molecule has 1 saturated heterocycles. The highest BCUT2D eigenvalue weighted by molar-refractivity contribution is 5.88. The van der Waals surface area contributed by atoms with Crippen molar-refractivity contribution in [3.8, 4) is 0 Å². The SMILES string of the molecule is CO[C@H](CN1CCC[C@H](n2cnc(C(N)=O)n2)C1)c1ccccc1. The molecular weight excluding hydrogens is 306 g/mol.